The predicted molar refractivity (Wildman–Crippen MR) is 84.3 cm³/mol. The number of benzene rings is 1. The van der Waals surface area contributed by atoms with E-state index in [-0.39, 0.29) is 6.10 Å². The molecule has 3 N–H and O–H groups in total. The highest BCUT2D eigenvalue weighted by atomic mass is 16.7. The van der Waals surface area contributed by atoms with Gasteiger partial charge in [0.25, 0.3) is 0 Å². The SMILES string of the molecule is O=C(Nc1ccccc1)NC1C2COC(O2)C(n2ccnc2)C1O. The van der Waals surface area contributed by atoms with E-state index in [9.17, 15) is 9.90 Å². The second-order valence-electron chi connectivity index (χ2n) is 5.86. The predicted octanol–water partition coefficient (Wildman–Crippen LogP) is 0.730. The van der Waals surface area contributed by atoms with Crippen LogP contribution in [0.25, 0.3) is 0 Å². The van der Waals surface area contributed by atoms with Crippen molar-refractivity contribution in [2.75, 3.05) is 11.9 Å². The minimum absolute atomic E-state index is 0.323. The molecule has 5 unspecified atom stereocenters. The van der Waals surface area contributed by atoms with E-state index >= 15 is 0 Å². The molecule has 0 saturated carbocycles. The molecule has 8 nitrogen and oxygen atoms in total. The summed E-state index contributed by atoms with van der Waals surface area (Å²) in [7, 11) is 0. The smallest absolute Gasteiger partial charge is 0.319 e. The fourth-order valence-corrected chi connectivity index (χ4v) is 3.18. The highest BCUT2D eigenvalue weighted by Gasteiger charge is 2.51. The first kappa shape index (κ1) is 15.1. The largest absolute Gasteiger partial charge is 0.388 e. The highest BCUT2D eigenvalue weighted by Crippen LogP contribution is 2.35. The maximum Gasteiger partial charge on any atom is 0.319 e. The van der Waals surface area contributed by atoms with Gasteiger partial charge in [0, 0.05) is 18.1 Å². The van der Waals surface area contributed by atoms with Gasteiger partial charge in [-0.3, -0.25) is 0 Å². The Hall–Kier alpha value is -2.42. The number of rotatable bonds is 3. The monoisotopic (exact) mass is 330 g/mol. The second-order valence-corrected chi connectivity index (χ2v) is 5.86. The van der Waals surface area contributed by atoms with Crippen LogP contribution < -0.4 is 10.6 Å². The lowest BCUT2D eigenvalue weighted by molar-refractivity contribution is -0.163. The van der Waals surface area contributed by atoms with Gasteiger partial charge >= 0.3 is 6.03 Å². The van der Waals surface area contributed by atoms with Gasteiger partial charge < -0.3 is 29.8 Å². The van der Waals surface area contributed by atoms with Gasteiger partial charge in [0.2, 0.25) is 0 Å². The summed E-state index contributed by atoms with van der Waals surface area (Å²) in [4.78, 5) is 16.2. The number of anilines is 1. The summed E-state index contributed by atoms with van der Waals surface area (Å²) in [5.74, 6) is 0. The molecule has 4 rings (SSSR count). The van der Waals surface area contributed by atoms with Gasteiger partial charge in [-0.05, 0) is 12.1 Å². The Morgan fingerprint density at radius 2 is 2.17 bits per heavy atom. The van der Waals surface area contributed by atoms with E-state index in [1.54, 1.807) is 35.4 Å². The van der Waals surface area contributed by atoms with Gasteiger partial charge in [0.1, 0.15) is 18.2 Å². The number of urea groups is 1. The van der Waals surface area contributed by atoms with Crippen molar-refractivity contribution >= 4 is 11.7 Å². The normalized spacial score (nSPS) is 31.6. The molecule has 2 saturated heterocycles. The van der Waals surface area contributed by atoms with Crippen molar-refractivity contribution in [2.24, 2.45) is 0 Å². The zero-order valence-corrected chi connectivity index (χ0v) is 12.8. The van der Waals surface area contributed by atoms with E-state index in [2.05, 4.69) is 15.6 Å². The molecule has 2 aliphatic heterocycles. The second kappa shape index (κ2) is 6.23. The van der Waals surface area contributed by atoms with Gasteiger partial charge in [-0.1, -0.05) is 18.2 Å². The van der Waals surface area contributed by atoms with Gasteiger partial charge in [-0.15, -0.1) is 0 Å². The number of hydrogen-bond donors (Lipinski definition) is 3. The Kier molecular flexibility index (Phi) is 3.93. The quantitative estimate of drug-likeness (QED) is 0.771. The summed E-state index contributed by atoms with van der Waals surface area (Å²) in [6, 6.07) is 7.66. The van der Waals surface area contributed by atoms with Gasteiger partial charge in [0.15, 0.2) is 6.29 Å². The number of nitrogens with zero attached hydrogens (tertiary/aromatic N) is 2. The van der Waals surface area contributed by atoms with Crippen LogP contribution in [0.2, 0.25) is 0 Å². The van der Waals surface area contributed by atoms with Crippen LogP contribution in [0.3, 0.4) is 0 Å². The molecular weight excluding hydrogens is 312 g/mol. The van der Waals surface area contributed by atoms with Crippen molar-refractivity contribution in [1.29, 1.82) is 0 Å². The lowest BCUT2D eigenvalue weighted by Gasteiger charge is -2.38. The number of hydrogen-bond acceptors (Lipinski definition) is 5. The van der Waals surface area contributed by atoms with Crippen LogP contribution in [0.4, 0.5) is 10.5 Å². The molecular formula is C16H18N4O4. The molecule has 2 fully saturated rings. The molecule has 1 aromatic heterocycles. The first-order chi connectivity index (χ1) is 11.7. The van der Waals surface area contributed by atoms with E-state index in [0.717, 1.165) is 0 Å². The molecule has 24 heavy (non-hydrogen) atoms. The number of fused-ring (bicyclic) bond motifs is 2. The van der Waals surface area contributed by atoms with Crippen LogP contribution in [0.15, 0.2) is 49.1 Å². The van der Waals surface area contributed by atoms with Crippen LogP contribution >= 0.6 is 0 Å². The summed E-state index contributed by atoms with van der Waals surface area (Å²) in [5, 5.41) is 16.3. The van der Waals surface area contributed by atoms with E-state index < -0.39 is 30.5 Å². The Morgan fingerprint density at radius 1 is 1.33 bits per heavy atom. The van der Waals surface area contributed by atoms with Gasteiger partial charge in [-0.25, -0.2) is 9.78 Å². The number of aliphatic hydroxyl groups excluding tert-OH is 1. The number of aromatic nitrogens is 2. The van der Waals surface area contributed by atoms with Crippen molar-refractivity contribution in [2.45, 2.75) is 30.6 Å². The maximum atomic E-state index is 12.2. The van der Waals surface area contributed by atoms with Crippen molar-refractivity contribution in [3.8, 4) is 0 Å². The molecule has 3 heterocycles. The minimum Gasteiger partial charge on any atom is -0.388 e. The highest BCUT2D eigenvalue weighted by molar-refractivity contribution is 5.89. The Morgan fingerprint density at radius 3 is 2.92 bits per heavy atom. The molecule has 5 atom stereocenters. The van der Waals surface area contributed by atoms with Gasteiger partial charge in [-0.2, -0.15) is 0 Å². The van der Waals surface area contributed by atoms with Crippen LogP contribution in [0, 0.1) is 0 Å². The van der Waals surface area contributed by atoms with Crippen LogP contribution in [0.1, 0.15) is 6.04 Å². The van der Waals surface area contributed by atoms with Crippen LogP contribution in [-0.2, 0) is 9.47 Å². The van der Waals surface area contributed by atoms with E-state index in [4.69, 9.17) is 9.47 Å². The fourth-order valence-electron chi connectivity index (χ4n) is 3.18. The lowest BCUT2D eigenvalue weighted by Crippen LogP contribution is -2.59. The third-order valence-electron chi connectivity index (χ3n) is 4.33. The molecule has 2 aromatic rings. The topological polar surface area (TPSA) is 97.6 Å². The Balaban J connectivity index is 1.48. The molecule has 2 amide bonds. The summed E-state index contributed by atoms with van der Waals surface area (Å²) in [6.45, 7) is 0.323. The van der Waals surface area contributed by atoms with Crippen LogP contribution in [-0.4, -0.2) is 51.8 Å². The summed E-state index contributed by atoms with van der Waals surface area (Å²) in [6.07, 6.45) is 3.17. The number of para-hydroxylation sites is 1. The number of carbonyl (C=O) groups excluding carboxylic acids is 1. The third kappa shape index (κ3) is 2.75. The standard InChI is InChI=1S/C16H18N4O4/c21-14-12(19-16(22)18-10-4-2-1-3-5-10)11-8-23-15(24-11)13(14)20-7-6-17-9-20/h1-7,9,11-15,21H,8H2,(H2,18,19,22). The van der Waals surface area contributed by atoms with E-state index in [1.165, 1.54) is 0 Å². The van der Waals surface area contributed by atoms with E-state index in [0.29, 0.717) is 12.3 Å². The van der Waals surface area contributed by atoms with Crippen molar-refractivity contribution in [3.63, 3.8) is 0 Å². The lowest BCUT2D eigenvalue weighted by atomic mass is 9.96. The number of aliphatic hydroxyl groups is 1. The van der Waals surface area contributed by atoms with Crippen molar-refractivity contribution in [1.82, 2.24) is 14.9 Å². The van der Waals surface area contributed by atoms with Gasteiger partial charge in [0.05, 0.1) is 19.0 Å². The molecule has 1 aromatic carbocycles. The van der Waals surface area contributed by atoms with Crippen LogP contribution in [0.5, 0.6) is 0 Å². The first-order valence-electron chi connectivity index (χ1n) is 7.77. The summed E-state index contributed by atoms with van der Waals surface area (Å²) < 4.78 is 13.1. The summed E-state index contributed by atoms with van der Waals surface area (Å²) >= 11 is 0. The minimum atomic E-state index is -0.855. The third-order valence-corrected chi connectivity index (χ3v) is 4.33. The molecule has 0 spiro atoms. The molecule has 2 bridgehead atoms. The van der Waals surface area contributed by atoms with Crippen molar-refractivity contribution < 1.29 is 19.4 Å². The number of amides is 2. The number of ether oxygens (including phenoxy) is 2. The first-order valence-corrected chi connectivity index (χ1v) is 7.77. The molecule has 2 aliphatic rings. The summed E-state index contributed by atoms with van der Waals surface area (Å²) in [5.41, 5.74) is 0.674. The zero-order valence-electron chi connectivity index (χ0n) is 12.8. The average molecular weight is 330 g/mol. The molecule has 0 aliphatic carbocycles. The molecule has 8 heteroatoms. The molecule has 126 valence electrons. The fraction of sp³-hybridized carbons (Fsp3) is 0.375. The maximum absolute atomic E-state index is 12.2. The average Bonchev–Trinajstić information content (AvgIpc) is 3.24. The zero-order chi connectivity index (χ0) is 16.5. The number of carbonyl (C=O) groups is 1. The molecule has 0 radical (unpaired) electrons. The van der Waals surface area contributed by atoms with E-state index in [1.807, 2.05) is 18.2 Å². The van der Waals surface area contributed by atoms with Crippen molar-refractivity contribution in [3.05, 3.63) is 49.1 Å². The Bertz CT molecular complexity index is 693. The number of imidazole rings is 1. The Labute approximate surface area is 138 Å². The number of nitrogens with one attached hydrogen (secondary N) is 2.